The number of amides is 1. The zero-order valence-electron chi connectivity index (χ0n) is 8.92. The highest BCUT2D eigenvalue weighted by molar-refractivity contribution is 6.37. The number of rotatable bonds is 6. The van der Waals surface area contributed by atoms with Crippen molar-refractivity contribution in [3.05, 3.63) is 0 Å². The molecule has 0 aliphatic rings. The molecule has 0 aromatic heterocycles. The molecule has 0 aromatic carbocycles. The molecule has 4 heteroatoms. The predicted octanol–water partition coefficient (Wildman–Crippen LogP) is 0.697. The van der Waals surface area contributed by atoms with Gasteiger partial charge in [-0.1, -0.05) is 20.8 Å². The van der Waals surface area contributed by atoms with E-state index < -0.39 is 11.7 Å². The Labute approximate surface area is 84.1 Å². The van der Waals surface area contributed by atoms with Gasteiger partial charge >= 0.3 is 0 Å². The fourth-order valence-corrected chi connectivity index (χ4v) is 0.895. The van der Waals surface area contributed by atoms with Gasteiger partial charge in [0.15, 0.2) is 5.78 Å². The van der Waals surface area contributed by atoms with E-state index >= 15 is 0 Å². The lowest BCUT2D eigenvalue weighted by atomic mass is 10.1. The van der Waals surface area contributed by atoms with Gasteiger partial charge in [-0.05, 0) is 6.42 Å². The van der Waals surface area contributed by atoms with Crippen molar-refractivity contribution in [3.8, 4) is 0 Å². The Kier molecular flexibility index (Phi) is 5.76. The number of ketones is 2. The second-order valence-electron chi connectivity index (χ2n) is 3.49. The first-order chi connectivity index (χ1) is 6.49. The topological polar surface area (TPSA) is 63.2 Å². The van der Waals surface area contributed by atoms with Gasteiger partial charge in [0.1, 0.15) is 0 Å². The van der Waals surface area contributed by atoms with E-state index in [1.54, 1.807) is 13.8 Å². The van der Waals surface area contributed by atoms with Crippen molar-refractivity contribution >= 4 is 17.5 Å². The van der Waals surface area contributed by atoms with Crippen LogP contribution >= 0.6 is 0 Å². The molecule has 4 nitrogen and oxygen atoms in total. The predicted molar refractivity (Wildman–Crippen MR) is 52.8 cm³/mol. The van der Waals surface area contributed by atoms with Gasteiger partial charge in [0, 0.05) is 12.3 Å². The van der Waals surface area contributed by atoms with Crippen molar-refractivity contribution < 1.29 is 14.4 Å². The lowest BCUT2D eigenvalue weighted by molar-refractivity contribution is -0.140. The van der Waals surface area contributed by atoms with Crippen LogP contribution in [-0.2, 0) is 14.4 Å². The smallest absolute Gasteiger partial charge is 0.288 e. The molecule has 80 valence electrons. The summed E-state index contributed by atoms with van der Waals surface area (Å²) in [5, 5.41) is 2.31. The van der Waals surface area contributed by atoms with Gasteiger partial charge < -0.3 is 5.32 Å². The molecule has 0 saturated carbocycles. The second-order valence-corrected chi connectivity index (χ2v) is 3.49. The summed E-state index contributed by atoms with van der Waals surface area (Å²) >= 11 is 0. The zero-order chi connectivity index (χ0) is 11.1. The minimum atomic E-state index is -0.663. The molecule has 0 heterocycles. The molecule has 0 aliphatic carbocycles. The Morgan fingerprint density at radius 2 is 1.79 bits per heavy atom. The maximum Gasteiger partial charge on any atom is 0.288 e. The first kappa shape index (κ1) is 12.8. The Balaban J connectivity index is 3.85. The van der Waals surface area contributed by atoms with Gasteiger partial charge in [-0.15, -0.1) is 0 Å². The maximum absolute atomic E-state index is 11.1. The van der Waals surface area contributed by atoms with E-state index in [4.69, 9.17) is 0 Å². The Hall–Kier alpha value is -1.19. The summed E-state index contributed by atoms with van der Waals surface area (Å²) in [5.41, 5.74) is 0. The number of Topliss-reactive ketones (excluding diaryl/α,β-unsaturated/α-hetero) is 2. The molecule has 0 spiro atoms. The number of hydrogen-bond acceptors (Lipinski definition) is 3. The van der Waals surface area contributed by atoms with Crippen LogP contribution in [0.25, 0.3) is 0 Å². The fourth-order valence-electron chi connectivity index (χ4n) is 0.895. The highest BCUT2D eigenvalue weighted by Crippen LogP contribution is 1.94. The van der Waals surface area contributed by atoms with Crippen LogP contribution in [0.5, 0.6) is 0 Å². The second kappa shape index (κ2) is 6.29. The van der Waals surface area contributed by atoms with Crippen LogP contribution in [0.4, 0.5) is 0 Å². The number of carbonyl (C=O) groups is 3. The van der Waals surface area contributed by atoms with Gasteiger partial charge in [-0.25, -0.2) is 0 Å². The fraction of sp³-hybridized carbons (Fsp3) is 0.700. The van der Waals surface area contributed by atoms with E-state index in [1.165, 1.54) is 0 Å². The standard InChI is InChI=1S/C10H17NO3/c1-4-5-8(12)6-11-10(14)9(13)7(2)3/h7H,4-6H2,1-3H3,(H,11,14). The van der Waals surface area contributed by atoms with Gasteiger partial charge in [0.05, 0.1) is 6.54 Å². The normalized spacial score (nSPS) is 10.0. The Morgan fingerprint density at radius 1 is 1.21 bits per heavy atom. The van der Waals surface area contributed by atoms with Crippen LogP contribution in [-0.4, -0.2) is 24.0 Å². The minimum absolute atomic E-state index is 0.0366. The van der Waals surface area contributed by atoms with Gasteiger partial charge in [0.25, 0.3) is 5.91 Å². The van der Waals surface area contributed by atoms with Crippen molar-refractivity contribution in [1.82, 2.24) is 5.32 Å². The third kappa shape index (κ3) is 4.74. The molecule has 0 aliphatic heterocycles. The summed E-state index contributed by atoms with van der Waals surface area (Å²) in [6, 6.07) is 0. The highest BCUT2D eigenvalue weighted by Gasteiger charge is 2.17. The van der Waals surface area contributed by atoms with E-state index in [2.05, 4.69) is 5.32 Å². The van der Waals surface area contributed by atoms with Crippen molar-refractivity contribution in [2.45, 2.75) is 33.6 Å². The SMILES string of the molecule is CCCC(=O)CNC(=O)C(=O)C(C)C. The largest absolute Gasteiger partial charge is 0.342 e. The molecule has 0 saturated heterocycles. The van der Waals surface area contributed by atoms with Crippen LogP contribution in [0.2, 0.25) is 0 Å². The molecule has 0 unspecified atom stereocenters. The average molecular weight is 199 g/mol. The molecule has 14 heavy (non-hydrogen) atoms. The lowest BCUT2D eigenvalue weighted by Crippen LogP contribution is -2.36. The Bertz CT molecular complexity index is 234. The first-order valence-corrected chi connectivity index (χ1v) is 4.82. The summed E-state index contributed by atoms with van der Waals surface area (Å²) in [6.45, 7) is 5.15. The molecule has 0 atom stereocenters. The quantitative estimate of drug-likeness (QED) is 0.640. The summed E-state index contributed by atoms with van der Waals surface area (Å²) in [5.74, 6) is -1.51. The minimum Gasteiger partial charge on any atom is -0.342 e. The summed E-state index contributed by atoms with van der Waals surface area (Å²) < 4.78 is 0. The molecule has 1 N–H and O–H groups in total. The van der Waals surface area contributed by atoms with E-state index in [0.29, 0.717) is 6.42 Å². The Morgan fingerprint density at radius 3 is 2.21 bits per heavy atom. The number of nitrogens with one attached hydrogen (secondary N) is 1. The summed E-state index contributed by atoms with van der Waals surface area (Å²) in [4.78, 5) is 33.2. The van der Waals surface area contributed by atoms with Crippen LogP contribution in [0.15, 0.2) is 0 Å². The third-order valence-corrected chi connectivity index (χ3v) is 1.72. The third-order valence-electron chi connectivity index (χ3n) is 1.72. The van der Waals surface area contributed by atoms with Crippen LogP contribution in [0.3, 0.4) is 0 Å². The molecular formula is C10H17NO3. The zero-order valence-corrected chi connectivity index (χ0v) is 8.92. The van der Waals surface area contributed by atoms with Crippen molar-refractivity contribution in [1.29, 1.82) is 0 Å². The summed E-state index contributed by atoms with van der Waals surface area (Å²) in [7, 11) is 0. The van der Waals surface area contributed by atoms with Gasteiger partial charge in [0.2, 0.25) is 5.78 Å². The van der Waals surface area contributed by atoms with E-state index in [0.717, 1.165) is 6.42 Å². The monoisotopic (exact) mass is 199 g/mol. The molecule has 0 bridgehead atoms. The van der Waals surface area contributed by atoms with Crippen molar-refractivity contribution in [3.63, 3.8) is 0 Å². The lowest BCUT2D eigenvalue weighted by Gasteiger charge is -2.04. The molecule has 0 radical (unpaired) electrons. The molecular weight excluding hydrogens is 182 g/mol. The summed E-state index contributed by atoms with van der Waals surface area (Å²) in [6.07, 6.45) is 1.20. The van der Waals surface area contributed by atoms with E-state index in [9.17, 15) is 14.4 Å². The molecule has 0 fully saturated rings. The molecule has 0 rings (SSSR count). The average Bonchev–Trinajstić information content (AvgIpc) is 2.13. The molecule has 1 amide bonds. The first-order valence-electron chi connectivity index (χ1n) is 4.82. The van der Waals surface area contributed by atoms with Crippen LogP contribution in [0.1, 0.15) is 33.6 Å². The maximum atomic E-state index is 11.1. The van der Waals surface area contributed by atoms with Crippen LogP contribution < -0.4 is 5.32 Å². The van der Waals surface area contributed by atoms with Crippen molar-refractivity contribution in [2.24, 2.45) is 5.92 Å². The number of hydrogen-bond donors (Lipinski definition) is 1. The van der Waals surface area contributed by atoms with Crippen LogP contribution in [0, 0.1) is 5.92 Å². The van der Waals surface area contributed by atoms with E-state index in [-0.39, 0.29) is 18.2 Å². The molecule has 0 aromatic rings. The van der Waals surface area contributed by atoms with Gasteiger partial charge in [-0.3, -0.25) is 14.4 Å². The van der Waals surface area contributed by atoms with Crippen molar-refractivity contribution in [2.75, 3.05) is 6.54 Å². The number of carbonyl (C=O) groups excluding carboxylic acids is 3. The highest BCUT2D eigenvalue weighted by atomic mass is 16.2. The van der Waals surface area contributed by atoms with E-state index in [1.807, 2.05) is 6.92 Å². The van der Waals surface area contributed by atoms with Gasteiger partial charge in [-0.2, -0.15) is 0 Å².